The van der Waals surface area contributed by atoms with Crippen LogP contribution in [0.15, 0.2) is 30.3 Å². The highest BCUT2D eigenvalue weighted by molar-refractivity contribution is 5.85. The van der Waals surface area contributed by atoms with Gasteiger partial charge in [-0.2, -0.15) is 0 Å². The van der Waals surface area contributed by atoms with Crippen LogP contribution in [0.2, 0.25) is 0 Å². The zero-order valence-corrected chi connectivity index (χ0v) is 9.79. The maximum absolute atomic E-state index is 13.4. The van der Waals surface area contributed by atoms with Gasteiger partial charge in [0.25, 0.3) is 5.92 Å². The molecule has 0 saturated heterocycles. The molecule has 0 spiro atoms. The van der Waals surface area contributed by atoms with Crippen LogP contribution in [0.4, 0.5) is 8.78 Å². The lowest BCUT2D eigenvalue weighted by Gasteiger charge is -2.18. The van der Waals surface area contributed by atoms with E-state index in [9.17, 15) is 13.6 Å². The summed E-state index contributed by atoms with van der Waals surface area (Å²) in [5.74, 6) is -4.51. The molecule has 3 nitrogen and oxygen atoms in total. The Hall–Kier alpha value is -1.20. The third kappa shape index (κ3) is 5.60. The van der Waals surface area contributed by atoms with Crippen LogP contribution in [0.1, 0.15) is 12.0 Å². The van der Waals surface area contributed by atoms with Crippen LogP contribution in [0.3, 0.4) is 0 Å². The molecule has 0 amide bonds. The van der Waals surface area contributed by atoms with Crippen molar-refractivity contribution in [3.05, 3.63) is 35.9 Å². The number of carboxylic acids is 1. The molecule has 0 radical (unpaired) electrons. The van der Waals surface area contributed by atoms with Crippen LogP contribution in [-0.4, -0.2) is 23.0 Å². The standard InChI is InChI=1S/C11H13F2NO2.ClH/c12-11(13,7-9(14)10(15)16)6-8-4-2-1-3-5-8;/h1-5,9H,6-7,14H2,(H,15,16);1H/t9-;/m0./s1. The van der Waals surface area contributed by atoms with Gasteiger partial charge >= 0.3 is 5.97 Å². The Kier molecular flexibility index (Phi) is 6.05. The van der Waals surface area contributed by atoms with Gasteiger partial charge in [-0.1, -0.05) is 30.3 Å². The van der Waals surface area contributed by atoms with Crippen molar-refractivity contribution < 1.29 is 18.7 Å². The van der Waals surface area contributed by atoms with Crippen molar-refractivity contribution in [2.24, 2.45) is 5.73 Å². The molecule has 0 fully saturated rings. The molecule has 96 valence electrons. The Labute approximate surface area is 104 Å². The van der Waals surface area contributed by atoms with Gasteiger partial charge in [0, 0.05) is 12.8 Å². The first-order chi connectivity index (χ1) is 7.41. The van der Waals surface area contributed by atoms with Gasteiger partial charge in [-0.25, -0.2) is 8.78 Å². The molecule has 3 N–H and O–H groups in total. The first-order valence-electron chi connectivity index (χ1n) is 4.81. The minimum absolute atomic E-state index is 0. The highest BCUT2D eigenvalue weighted by Gasteiger charge is 2.34. The normalized spacial score (nSPS) is 12.6. The van der Waals surface area contributed by atoms with Crippen LogP contribution in [0, 0.1) is 0 Å². The lowest BCUT2D eigenvalue weighted by atomic mass is 10.0. The number of benzene rings is 1. The third-order valence-electron chi connectivity index (χ3n) is 2.14. The van der Waals surface area contributed by atoms with Gasteiger partial charge in [-0.3, -0.25) is 4.79 Å². The lowest BCUT2D eigenvalue weighted by Crippen LogP contribution is -2.37. The lowest BCUT2D eigenvalue weighted by molar-refractivity contribution is -0.141. The van der Waals surface area contributed by atoms with Crippen LogP contribution in [0.5, 0.6) is 0 Å². The van der Waals surface area contributed by atoms with Gasteiger partial charge in [-0.15, -0.1) is 12.4 Å². The van der Waals surface area contributed by atoms with E-state index in [-0.39, 0.29) is 12.4 Å². The first kappa shape index (κ1) is 15.8. The van der Waals surface area contributed by atoms with Gasteiger partial charge in [0.05, 0.1) is 0 Å². The minimum Gasteiger partial charge on any atom is -0.480 e. The molecule has 0 unspecified atom stereocenters. The van der Waals surface area contributed by atoms with E-state index < -0.39 is 30.8 Å². The molecule has 1 aromatic carbocycles. The molecule has 17 heavy (non-hydrogen) atoms. The molecule has 0 aliphatic heterocycles. The molecule has 0 heterocycles. The second-order valence-electron chi connectivity index (χ2n) is 3.67. The van der Waals surface area contributed by atoms with Crippen LogP contribution in [0.25, 0.3) is 0 Å². The number of aliphatic carboxylic acids is 1. The predicted octanol–water partition coefficient (Wildman–Crippen LogP) is 2.09. The topological polar surface area (TPSA) is 63.3 Å². The van der Waals surface area contributed by atoms with Crippen molar-refractivity contribution in [3.63, 3.8) is 0 Å². The van der Waals surface area contributed by atoms with Crippen molar-refractivity contribution >= 4 is 18.4 Å². The Morgan fingerprint density at radius 2 is 1.88 bits per heavy atom. The Morgan fingerprint density at radius 1 is 1.35 bits per heavy atom. The molecular formula is C11H14ClF2NO2. The van der Waals surface area contributed by atoms with Gasteiger partial charge in [0.2, 0.25) is 0 Å². The van der Waals surface area contributed by atoms with Gasteiger partial charge in [-0.05, 0) is 5.56 Å². The summed E-state index contributed by atoms with van der Waals surface area (Å²) >= 11 is 0. The minimum atomic E-state index is -3.10. The van der Waals surface area contributed by atoms with Crippen molar-refractivity contribution in [1.82, 2.24) is 0 Å². The molecule has 0 aromatic heterocycles. The molecule has 0 bridgehead atoms. The monoisotopic (exact) mass is 265 g/mol. The van der Waals surface area contributed by atoms with Gasteiger partial charge in [0.1, 0.15) is 6.04 Å². The molecule has 1 aromatic rings. The zero-order valence-electron chi connectivity index (χ0n) is 8.98. The van der Waals surface area contributed by atoms with E-state index >= 15 is 0 Å². The summed E-state index contributed by atoms with van der Waals surface area (Å²) in [6, 6.07) is 6.65. The zero-order chi connectivity index (χ0) is 12.2. The fraction of sp³-hybridized carbons (Fsp3) is 0.364. The number of halogens is 3. The summed E-state index contributed by atoms with van der Waals surface area (Å²) in [5, 5.41) is 8.45. The van der Waals surface area contributed by atoms with Gasteiger partial charge in [0.15, 0.2) is 0 Å². The Morgan fingerprint density at radius 3 is 2.35 bits per heavy atom. The summed E-state index contributed by atoms with van der Waals surface area (Å²) in [6.07, 6.45) is -1.34. The second kappa shape index (κ2) is 6.51. The number of carbonyl (C=O) groups is 1. The van der Waals surface area contributed by atoms with E-state index in [4.69, 9.17) is 10.8 Å². The molecule has 0 aliphatic rings. The summed E-state index contributed by atoms with van der Waals surface area (Å²) in [6.45, 7) is 0. The number of rotatable bonds is 5. The first-order valence-corrected chi connectivity index (χ1v) is 4.81. The van der Waals surface area contributed by atoms with E-state index in [1.165, 1.54) is 0 Å². The number of hydrogen-bond donors (Lipinski definition) is 2. The molecule has 6 heteroatoms. The van der Waals surface area contributed by atoms with E-state index in [1.54, 1.807) is 30.3 Å². The van der Waals surface area contributed by atoms with E-state index in [0.717, 1.165) is 0 Å². The maximum atomic E-state index is 13.4. The highest BCUT2D eigenvalue weighted by atomic mass is 35.5. The number of alkyl halides is 2. The summed E-state index contributed by atoms with van der Waals surface area (Å²) in [5.41, 5.74) is 5.54. The van der Waals surface area contributed by atoms with Crippen molar-refractivity contribution in [3.8, 4) is 0 Å². The number of hydrogen-bond acceptors (Lipinski definition) is 2. The number of carboxylic acid groups (broad SMARTS) is 1. The SMILES string of the molecule is Cl.N[C@@H](CC(F)(F)Cc1ccccc1)C(=O)O. The van der Waals surface area contributed by atoms with Gasteiger partial charge < -0.3 is 10.8 Å². The van der Waals surface area contributed by atoms with Crippen molar-refractivity contribution in [2.75, 3.05) is 0 Å². The summed E-state index contributed by atoms with van der Waals surface area (Å²) < 4.78 is 26.8. The van der Waals surface area contributed by atoms with E-state index in [2.05, 4.69) is 0 Å². The Bertz CT molecular complexity index is 360. The van der Waals surface area contributed by atoms with Crippen LogP contribution < -0.4 is 5.73 Å². The molecule has 1 rings (SSSR count). The highest BCUT2D eigenvalue weighted by Crippen LogP contribution is 2.25. The molecule has 0 saturated carbocycles. The second-order valence-corrected chi connectivity index (χ2v) is 3.67. The van der Waals surface area contributed by atoms with E-state index in [0.29, 0.717) is 5.56 Å². The predicted molar refractivity (Wildman–Crippen MR) is 62.6 cm³/mol. The Balaban J connectivity index is 0.00000256. The van der Waals surface area contributed by atoms with Crippen LogP contribution >= 0.6 is 12.4 Å². The fourth-order valence-electron chi connectivity index (χ4n) is 1.38. The van der Waals surface area contributed by atoms with Crippen molar-refractivity contribution in [2.45, 2.75) is 24.8 Å². The molecule has 1 atom stereocenters. The fourth-order valence-corrected chi connectivity index (χ4v) is 1.38. The summed E-state index contributed by atoms with van der Waals surface area (Å²) in [4.78, 5) is 10.4. The average Bonchev–Trinajstić information content (AvgIpc) is 2.17. The van der Waals surface area contributed by atoms with Crippen LogP contribution in [-0.2, 0) is 11.2 Å². The largest absolute Gasteiger partial charge is 0.480 e. The molecule has 0 aliphatic carbocycles. The van der Waals surface area contributed by atoms with E-state index in [1.807, 2.05) is 0 Å². The third-order valence-corrected chi connectivity index (χ3v) is 2.14. The average molecular weight is 266 g/mol. The summed E-state index contributed by atoms with van der Waals surface area (Å²) in [7, 11) is 0. The number of nitrogens with two attached hydrogens (primary N) is 1. The quantitative estimate of drug-likeness (QED) is 0.857. The molecular weight excluding hydrogens is 252 g/mol. The van der Waals surface area contributed by atoms with Crippen molar-refractivity contribution in [1.29, 1.82) is 0 Å². The maximum Gasteiger partial charge on any atom is 0.320 e. The smallest absolute Gasteiger partial charge is 0.320 e.